The number of unbranched alkanes of at least 4 members (excludes halogenated alkanes) is 12. The van der Waals surface area contributed by atoms with E-state index in [1.807, 2.05) is 0 Å². The van der Waals surface area contributed by atoms with Crippen molar-refractivity contribution in [2.24, 2.45) is 0 Å². The topological polar surface area (TPSA) is 47.0 Å². The monoisotopic (exact) mass is 567 g/mol. The van der Waals surface area contributed by atoms with Crippen molar-refractivity contribution in [3.05, 3.63) is 21.9 Å². The maximum absolute atomic E-state index is 13.1. The van der Waals surface area contributed by atoms with Crippen LogP contribution < -0.4 is 0 Å². The van der Waals surface area contributed by atoms with Crippen LogP contribution in [0.4, 0.5) is 0 Å². The molecule has 2 aromatic heterocycles. The van der Waals surface area contributed by atoms with Crippen molar-refractivity contribution in [3.8, 4) is 0 Å². The summed E-state index contributed by atoms with van der Waals surface area (Å²) in [6.45, 7) is 15.4. The fraction of sp³-hybridized carbons (Fsp3) is 0.774. The molecule has 0 atom stereocenters. The summed E-state index contributed by atoms with van der Waals surface area (Å²) in [4.78, 5) is 7.17. The summed E-state index contributed by atoms with van der Waals surface area (Å²) in [5, 5.41) is 0. The van der Waals surface area contributed by atoms with Gasteiger partial charge in [0.1, 0.15) is 0 Å². The first kappa shape index (κ1) is 32.5. The number of hydrogen-bond acceptors (Lipinski definition) is 5. The lowest BCUT2D eigenvalue weighted by Crippen LogP contribution is -2.11. The molecular formula is C31H53NO2S3. The third kappa shape index (κ3) is 10.8. The molecule has 0 unspecified atom stereocenters. The standard InChI is InChI=1S/C31H53NO2S3/c1-8-9-10-11-12-13-14-15-16-17-18-19-20-21-22-23-24-37(33,34)29-32-25-26(35-29)28(31(5,6)7)36-27(25)30(2,3)4/h13-14H,8-12,15-24H2,1-7H3/b14-13+. The molecule has 0 aromatic carbocycles. The molecule has 0 aliphatic heterocycles. The first-order valence-electron chi connectivity index (χ1n) is 14.7. The van der Waals surface area contributed by atoms with Gasteiger partial charge in [-0.05, 0) is 42.9 Å². The van der Waals surface area contributed by atoms with Gasteiger partial charge in [0.15, 0.2) is 0 Å². The van der Waals surface area contributed by atoms with Crippen LogP contribution in [0.15, 0.2) is 16.5 Å². The van der Waals surface area contributed by atoms with E-state index in [4.69, 9.17) is 4.98 Å². The molecule has 0 aliphatic rings. The zero-order valence-electron chi connectivity index (χ0n) is 24.7. The second kappa shape index (κ2) is 15.2. The Morgan fingerprint density at radius 3 is 1.68 bits per heavy atom. The summed E-state index contributed by atoms with van der Waals surface area (Å²) >= 11 is 3.19. The fourth-order valence-corrected chi connectivity index (χ4v) is 9.08. The smallest absolute Gasteiger partial charge is 0.210 e. The van der Waals surface area contributed by atoms with Gasteiger partial charge in [-0.25, -0.2) is 13.4 Å². The number of hydrogen-bond donors (Lipinski definition) is 0. The molecular weight excluding hydrogens is 515 g/mol. The lowest BCUT2D eigenvalue weighted by atomic mass is 9.92. The molecule has 212 valence electrons. The second-order valence-corrected chi connectivity index (χ2v) is 17.0. The Bertz CT molecular complexity index is 1020. The first-order valence-corrected chi connectivity index (χ1v) is 18.0. The van der Waals surface area contributed by atoms with E-state index in [2.05, 4.69) is 60.6 Å². The highest BCUT2D eigenvalue weighted by molar-refractivity contribution is 7.93. The summed E-state index contributed by atoms with van der Waals surface area (Å²) in [7, 11) is -3.33. The summed E-state index contributed by atoms with van der Waals surface area (Å²) in [6.07, 6.45) is 21.8. The Hall–Kier alpha value is -0.720. The molecule has 0 N–H and O–H groups in total. The summed E-state index contributed by atoms with van der Waals surface area (Å²) < 4.78 is 27.6. The molecule has 0 fully saturated rings. The van der Waals surface area contributed by atoms with E-state index in [0.29, 0.717) is 4.34 Å². The SMILES string of the molecule is CCCCCC/C=C/CCCCCCCCCCS(=O)(=O)c1nc2c(C(C)(C)C)sc(C(C)(C)C)c2s1. The molecule has 3 nitrogen and oxygen atoms in total. The quantitative estimate of drug-likeness (QED) is 0.141. The zero-order chi connectivity index (χ0) is 27.5. The molecule has 6 heteroatoms. The van der Waals surface area contributed by atoms with Gasteiger partial charge in [0.25, 0.3) is 0 Å². The predicted octanol–water partition coefficient (Wildman–Crippen LogP) is 10.8. The number of thiophene rings is 1. The van der Waals surface area contributed by atoms with Gasteiger partial charge in [-0.3, -0.25) is 0 Å². The third-order valence-electron chi connectivity index (χ3n) is 6.79. The minimum atomic E-state index is -3.33. The van der Waals surface area contributed by atoms with Crippen molar-refractivity contribution in [2.45, 2.75) is 154 Å². The molecule has 37 heavy (non-hydrogen) atoms. The molecule has 0 radical (unpaired) electrons. The summed E-state index contributed by atoms with van der Waals surface area (Å²) in [6, 6.07) is 0. The molecule has 2 heterocycles. The number of nitrogens with zero attached hydrogens (tertiary/aromatic N) is 1. The number of thiazole rings is 1. The van der Waals surface area contributed by atoms with Crippen LogP contribution in [0.3, 0.4) is 0 Å². The van der Waals surface area contributed by atoms with Gasteiger partial charge in [0.2, 0.25) is 14.2 Å². The van der Waals surface area contributed by atoms with E-state index in [0.717, 1.165) is 29.5 Å². The molecule has 0 aliphatic carbocycles. The number of sulfone groups is 1. The van der Waals surface area contributed by atoms with Gasteiger partial charge < -0.3 is 0 Å². The lowest BCUT2D eigenvalue weighted by molar-refractivity contribution is 0.568. The van der Waals surface area contributed by atoms with Gasteiger partial charge in [-0.2, -0.15) is 0 Å². The first-order chi connectivity index (χ1) is 17.4. The van der Waals surface area contributed by atoms with E-state index in [-0.39, 0.29) is 16.6 Å². The summed E-state index contributed by atoms with van der Waals surface area (Å²) in [5.74, 6) is 0.215. The molecule has 0 saturated heterocycles. The van der Waals surface area contributed by atoms with Crippen molar-refractivity contribution in [3.63, 3.8) is 0 Å². The van der Waals surface area contributed by atoms with Crippen LogP contribution in [0.1, 0.15) is 148 Å². The van der Waals surface area contributed by atoms with E-state index in [1.165, 1.54) is 91.7 Å². The van der Waals surface area contributed by atoms with Crippen LogP contribution >= 0.6 is 22.7 Å². The minimum absolute atomic E-state index is 0.0232. The van der Waals surface area contributed by atoms with E-state index >= 15 is 0 Å². The molecule has 0 saturated carbocycles. The van der Waals surface area contributed by atoms with Crippen molar-refractivity contribution in [1.29, 1.82) is 0 Å². The highest BCUT2D eigenvalue weighted by Gasteiger charge is 2.31. The van der Waals surface area contributed by atoms with Gasteiger partial charge >= 0.3 is 0 Å². The molecule has 0 amide bonds. The number of fused-ring (bicyclic) bond motifs is 1. The van der Waals surface area contributed by atoms with Crippen molar-refractivity contribution in [2.75, 3.05) is 5.75 Å². The Morgan fingerprint density at radius 1 is 0.676 bits per heavy atom. The Labute approximate surface area is 236 Å². The largest absolute Gasteiger partial charge is 0.224 e. The fourth-order valence-electron chi connectivity index (χ4n) is 4.57. The average molecular weight is 568 g/mol. The van der Waals surface area contributed by atoms with E-state index in [9.17, 15) is 8.42 Å². The second-order valence-electron chi connectivity index (χ2n) is 12.7. The van der Waals surface area contributed by atoms with Gasteiger partial charge in [-0.15, -0.1) is 22.7 Å². The molecule has 2 aromatic rings. The van der Waals surface area contributed by atoms with Gasteiger partial charge in [0, 0.05) is 9.75 Å². The Morgan fingerprint density at radius 2 is 1.16 bits per heavy atom. The third-order valence-corrected chi connectivity index (χ3v) is 12.3. The van der Waals surface area contributed by atoms with Crippen LogP contribution in [-0.4, -0.2) is 19.2 Å². The normalized spacial score (nSPS) is 13.4. The lowest BCUT2D eigenvalue weighted by Gasteiger charge is -2.18. The van der Waals surface area contributed by atoms with Crippen LogP contribution in [0, 0.1) is 0 Å². The highest BCUT2D eigenvalue weighted by Crippen LogP contribution is 2.46. The summed E-state index contributed by atoms with van der Waals surface area (Å²) in [5.41, 5.74) is 0.838. The number of allylic oxidation sites excluding steroid dienone is 2. The van der Waals surface area contributed by atoms with Crippen molar-refractivity contribution >= 4 is 42.7 Å². The maximum Gasteiger partial charge on any atom is 0.210 e. The number of aromatic nitrogens is 1. The van der Waals surface area contributed by atoms with Crippen LogP contribution in [-0.2, 0) is 20.7 Å². The van der Waals surface area contributed by atoms with Crippen molar-refractivity contribution in [1.82, 2.24) is 4.98 Å². The van der Waals surface area contributed by atoms with Crippen molar-refractivity contribution < 1.29 is 8.42 Å². The highest BCUT2D eigenvalue weighted by atomic mass is 32.2. The van der Waals surface area contributed by atoms with E-state index < -0.39 is 9.84 Å². The zero-order valence-corrected chi connectivity index (χ0v) is 27.2. The average Bonchev–Trinajstić information content (AvgIpc) is 3.38. The van der Waals surface area contributed by atoms with Gasteiger partial charge in [0.05, 0.1) is 16.0 Å². The molecule has 0 bridgehead atoms. The van der Waals surface area contributed by atoms with Crippen LogP contribution in [0.5, 0.6) is 0 Å². The predicted molar refractivity (Wildman–Crippen MR) is 166 cm³/mol. The van der Waals surface area contributed by atoms with Crippen LogP contribution in [0.2, 0.25) is 0 Å². The molecule has 0 spiro atoms. The molecule has 2 rings (SSSR count). The van der Waals surface area contributed by atoms with E-state index in [1.54, 1.807) is 11.3 Å². The minimum Gasteiger partial charge on any atom is -0.224 e. The van der Waals surface area contributed by atoms with Crippen LogP contribution in [0.25, 0.3) is 10.2 Å². The number of rotatable bonds is 17. The van der Waals surface area contributed by atoms with Gasteiger partial charge in [-0.1, -0.05) is 118 Å². The maximum atomic E-state index is 13.1. The Balaban J connectivity index is 1.71. The Kier molecular flexibility index (Phi) is 13.3.